The van der Waals surface area contributed by atoms with Crippen molar-refractivity contribution in [1.29, 1.82) is 0 Å². The molecule has 1 aliphatic rings. The number of aliphatic hydroxyl groups excluding tert-OH is 3. The first kappa shape index (κ1) is 13.9. The largest absolute Gasteiger partial charge is 0.394 e. The fraction of sp³-hybridized carbons (Fsp3) is 1.00. The molecule has 0 bridgehead atoms. The van der Waals surface area contributed by atoms with Crippen LogP contribution in [0.5, 0.6) is 0 Å². The summed E-state index contributed by atoms with van der Waals surface area (Å²) in [4.78, 5) is 0. The first-order valence-corrected chi connectivity index (χ1v) is 6.34. The molecule has 0 aliphatic heterocycles. The molecule has 3 nitrogen and oxygen atoms in total. The minimum Gasteiger partial charge on any atom is -0.394 e. The van der Waals surface area contributed by atoms with E-state index in [1.54, 1.807) is 0 Å². The van der Waals surface area contributed by atoms with Gasteiger partial charge in [0.25, 0.3) is 0 Å². The monoisotopic (exact) mass is 230 g/mol. The van der Waals surface area contributed by atoms with Crippen molar-refractivity contribution in [1.82, 2.24) is 0 Å². The molecule has 0 heterocycles. The molecule has 16 heavy (non-hydrogen) atoms. The Labute approximate surface area is 98.5 Å². The molecule has 0 aromatic rings. The maximum atomic E-state index is 9.77. The minimum atomic E-state index is -0.588. The third-order valence-corrected chi connectivity index (χ3v) is 4.12. The predicted molar refractivity (Wildman–Crippen MR) is 64.0 cm³/mol. The third kappa shape index (κ3) is 3.44. The molecule has 1 aliphatic carbocycles. The van der Waals surface area contributed by atoms with E-state index in [1.165, 1.54) is 0 Å². The van der Waals surface area contributed by atoms with Gasteiger partial charge in [0.1, 0.15) is 0 Å². The van der Waals surface area contributed by atoms with Crippen LogP contribution in [0.25, 0.3) is 0 Å². The maximum absolute atomic E-state index is 9.77. The number of rotatable bonds is 4. The van der Waals surface area contributed by atoms with E-state index < -0.39 is 6.10 Å². The van der Waals surface area contributed by atoms with E-state index in [9.17, 15) is 10.2 Å². The molecule has 0 amide bonds. The Kier molecular flexibility index (Phi) is 4.77. The van der Waals surface area contributed by atoms with Crippen LogP contribution in [0.1, 0.15) is 46.5 Å². The summed E-state index contributed by atoms with van der Waals surface area (Å²) in [7, 11) is 0. The van der Waals surface area contributed by atoms with Gasteiger partial charge in [-0.3, -0.25) is 0 Å². The van der Waals surface area contributed by atoms with Crippen LogP contribution in [0.3, 0.4) is 0 Å². The standard InChI is InChI=1S/C13H26O3/c1-9-6-11(16)7-13(2,3)12(9)5-4-10(15)8-14/h9-12,14-16H,4-8H2,1-3H3. The molecule has 1 saturated carbocycles. The van der Waals surface area contributed by atoms with Gasteiger partial charge in [-0.15, -0.1) is 0 Å². The smallest absolute Gasteiger partial charge is 0.0771 e. The lowest BCUT2D eigenvalue weighted by molar-refractivity contribution is -0.0229. The Morgan fingerprint density at radius 2 is 2.00 bits per heavy atom. The van der Waals surface area contributed by atoms with Gasteiger partial charge < -0.3 is 15.3 Å². The van der Waals surface area contributed by atoms with Gasteiger partial charge in [0.2, 0.25) is 0 Å². The Hall–Kier alpha value is -0.120. The Balaban J connectivity index is 2.55. The van der Waals surface area contributed by atoms with Gasteiger partial charge in [-0.2, -0.15) is 0 Å². The Morgan fingerprint density at radius 1 is 1.38 bits per heavy atom. The van der Waals surface area contributed by atoms with E-state index in [-0.39, 0.29) is 18.1 Å². The molecule has 96 valence electrons. The summed E-state index contributed by atoms with van der Waals surface area (Å²) in [5, 5.41) is 28.0. The normalized spacial score (nSPS) is 36.0. The summed E-state index contributed by atoms with van der Waals surface area (Å²) in [6.07, 6.45) is 2.53. The summed E-state index contributed by atoms with van der Waals surface area (Å²) in [6, 6.07) is 0. The first-order chi connectivity index (χ1) is 7.36. The number of hydrogen-bond acceptors (Lipinski definition) is 3. The highest BCUT2D eigenvalue weighted by Gasteiger charge is 2.40. The molecule has 1 rings (SSSR count). The van der Waals surface area contributed by atoms with Gasteiger partial charge in [0, 0.05) is 0 Å². The zero-order valence-corrected chi connectivity index (χ0v) is 10.7. The van der Waals surface area contributed by atoms with Crippen LogP contribution in [0, 0.1) is 17.3 Å². The van der Waals surface area contributed by atoms with Crippen molar-refractivity contribution in [3.63, 3.8) is 0 Å². The molecule has 0 spiro atoms. The van der Waals surface area contributed by atoms with E-state index in [1.807, 2.05) is 0 Å². The van der Waals surface area contributed by atoms with Gasteiger partial charge in [-0.25, -0.2) is 0 Å². The molecule has 0 aromatic heterocycles. The van der Waals surface area contributed by atoms with E-state index in [0.29, 0.717) is 18.3 Å². The van der Waals surface area contributed by atoms with Gasteiger partial charge in [-0.1, -0.05) is 20.8 Å². The average Bonchev–Trinajstić information content (AvgIpc) is 2.14. The first-order valence-electron chi connectivity index (χ1n) is 6.34. The van der Waals surface area contributed by atoms with Crippen LogP contribution >= 0.6 is 0 Å². The lowest BCUT2D eigenvalue weighted by Crippen LogP contribution is -2.40. The van der Waals surface area contributed by atoms with Crippen molar-refractivity contribution >= 4 is 0 Å². The van der Waals surface area contributed by atoms with E-state index in [0.717, 1.165) is 19.3 Å². The molecule has 1 fully saturated rings. The fourth-order valence-electron chi connectivity index (χ4n) is 3.34. The van der Waals surface area contributed by atoms with Gasteiger partial charge in [0.15, 0.2) is 0 Å². The lowest BCUT2D eigenvalue weighted by Gasteiger charge is -2.45. The van der Waals surface area contributed by atoms with Crippen molar-refractivity contribution in [3.8, 4) is 0 Å². The Morgan fingerprint density at radius 3 is 2.50 bits per heavy atom. The summed E-state index contributed by atoms with van der Waals surface area (Å²) >= 11 is 0. The van der Waals surface area contributed by atoms with Gasteiger partial charge in [-0.05, 0) is 42.9 Å². The number of aliphatic hydroxyl groups is 3. The van der Waals surface area contributed by atoms with E-state index in [4.69, 9.17) is 5.11 Å². The summed E-state index contributed by atoms with van der Waals surface area (Å²) in [5.74, 6) is 1.02. The van der Waals surface area contributed by atoms with Crippen LogP contribution in [0.4, 0.5) is 0 Å². The summed E-state index contributed by atoms with van der Waals surface area (Å²) in [5.41, 5.74) is 0.131. The van der Waals surface area contributed by atoms with Crippen LogP contribution < -0.4 is 0 Å². The summed E-state index contributed by atoms with van der Waals surface area (Å²) < 4.78 is 0. The maximum Gasteiger partial charge on any atom is 0.0771 e. The van der Waals surface area contributed by atoms with E-state index >= 15 is 0 Å². The van der Waals surface area contributed by atoms with Crippen LogP contribution in [-0.4, -0.2) is 34.1 Å². The van der Waals surface area contributed by atoms with Gasteiger partial charge in [0.05, 0.1) is 18.8 Å². The second-order valence-corrected chi connectivity index (χ2v) is 6.08. The highest BCUT2D eigenvalue weighted by molar-refractivity contribution is 4.90. The molecule has 4 unspecified atom stereocenters. The molecule has 3 heteroatoms. The zero-order chi connectivity index (χ0) is 12.3. The molecule has 0 saturated heterocycles. The molecule has 0 radical (unpaired) electrons. The predicted octanol–water partition coefficient (Wildman–Crippen LogP) is 1.55. The average molecular weight is 230 g/mol. The van der Waals surface area contributed by atoms with Crippen LogP contribution in [-0.2, 0) is 0 Å². The van der Waals surface area contributed by atoms with Crippen LogP contribution in [0.15, 0.2) is 0 Å². The summed E-state index contributed by atoms with van der Waals surface area (Å²) in [6.45, 7) is 6.42. The molecular weight excluding hydrogens is 204 g/mol. The fourth-order valence-corrected chi connectivity index (χ4v) is 3.34. The van der Waals surface area contributed by atoms with E-state index in [2.05, 4.69) is 20.8 Å². The molecular formula is C13H26O3. The molecule has 0 aromatic carbocycles. The second-order valence-electron chi connectivity index (χ2n) is 6.08. The highest BCUT2D eigenvalue weighted by atomic mass is 16.3. The lowest BCUT2D eigenvalue weighted by atomic mass is 9.61. The molecule has 4 atom stereocenters. The van der Waals surface area contributed by atoms with Crippen molar-refractivity contribution in [2.24, 2.45) is 17.3 Å². The quantitative estimate of drug-likeness (QED) is 0.687. The Bertz CT molecular complexity index is 215. The topological polar surface area (TPSA) is 60.7 Å². The van der Waals surface area contributed by atoms with Crippen LogP contribution in [0.2, 0.25) is 0 Å². The number of hydrogen-bond donors (Lipinski definition) is 3. The van der Waals surface area contributed by atoms with Crippen molar-refractivity contribution in [2.45, 2.75) is 58.7 Å². The van der Waals surface area contributed by atoms with Crippen molar-refractivity contribution in [2.75, 3.05) is 6.61 Å². The zero-order valence-electron chi connectivity index (χ0n) is 10.7. The molecule has 3 N–H and O–H groups in total. The van der Waals surface area contributed by atoms with Crippen molar-refractivity contribution < 1.29 is 15.3 Å². The van der Waals surface area contributed by atoms with Crippen molar-refractivity contribution in [3.05, 3.63) is 0 Å². The SMILES string of the molecule is CC1CC(O)CC(C)(C)C1CCC(O)CO. The highest BCUT2D eigenvalue weighted by Crippen LogP contribution is 2.46. The second kappa shape index (κ2) is 5.48. The minimum absolute atomic E-state index is 0.131. The third-order valence-electron chi connectivity index (χ3n) is 4.12. The van der Waals surface area contributed by atoms with Gasteiger partial charge >= 0.3 is 0 Å².